The Morgan fingerprint density at radius 2 is 1.53 bits per heavy atom. The van der Waals surface area contributed by atoms with E-state index in [1.54, 1.807) is 0 Å². The molecule has 0 spiro atoms. The molecule has 0 aliphatic heterocycles. The predicted octanol–water partition coefficient (Wildman–Crippen LogP) is -5.05. The Hall–Kier alpha value is -0.364. The molecule has 0 amide bonds. The number of hydrogen-bond acceptors (Lipinski definition) is 8. The van der Waals surface area contributed by atoms with Crippen molar-refractivity contribution >= 4 is 23.7 Å². The SMILES string of the molecule is CC(C)=O.O=C([O-])CC(O)(CC(=O)OO)C(=O)O.[K+]. The van der Waals surface area contributed by atoms with E-state index in [0.717, 1.165) is 0 Å². The van der Waals surface area contributed by atoms with Crippen LogP contribution < -0.4 is 56.5 Å². The molecule has 0 bridgehead atoms. The Morgan fingerprint density at radius 3 is 1.74 bits per heavy atom. The van der Waals surface area contributed by atoms with Gasteiger partial charge in [0.15, 0.2) is 5.60 Å². The number of carboxylic acid groups (broad SMARTS) is 2. The first kappa shape index (κ1) is 23.7. The van der Waals surface area contributed by atoms with E-state index < -0.39 is 36.4 Å². The molecule has 3 N–H and O–H groups in total. The van der Waals surface area contributed by atoms with Gasteiger partial charge in [0, 0.05) is 12.4 Å². The van der Waals surface area contributed by atoms with Crippen molar-refractivity contribution in [2.45, 2.75) is 32.3 Å². The largest absolute Gasteiger partial charge is 1.00 e. The fraction of sp³-hybridized carbons (Fsp3) is 0.556. The van der Waals surface area contributed by atoms with E-state index in [-0.39, 0.29) is 57.2 Å². The number of Topliss-reactive ketones (excluding diaryl/α,β-unsaturated/α-hetero) is 1. The predicted molar refractivity (Wildman–Crippen MR) is 51.9 cm³/mol. The molecule has 0 saturated heterocycles. The molecule has 9 nitrogen and oxygen atoms in total. The molecule has 0 fully saturated rings. The molecule has 1 atom stereocenters. The van der Waals surface area contributed by atoms with Crippen LogP contribution in [-0.2, 0) is 24.1 Å². The van der Waals surface area contributed by atoms with Gasteiger partial charge in [-0.25, -0.2) is 9.59 Å². The maximum absolute atomic E-state index is 10.4. The van der Waals surface area contributed by atoms with E-state index in [9.17, 15) is 24.3 Å². The fourth-order valence-electron chi connectivity index (χ4n) is 0.724. The van der Waals surface area contributed by atoms with Gasteiger partial charge in [-0.1, -0.05) is 0 Å². The van der Waals surface area contributed by atoms with Crippen molar-refractivity contribution in [1.29, 1.82) is 0 Å². The van der Waals surface area contributed by atoms with Gasteiger partial charge in [-0.15, -0.1) is 0 Å². The average molecular weight is 304 g/mol. The van der Waals surface area contributed by atoms with Gasteiger partial charge in [-0.05, 0) is 13.8 Å². The van der Waals surface area contributed by atoms with Gasteiger partial charge in [0.05, 0.1) is 6.42 Å². The smallest absolute Gasteiger partial charge is 0.550 e. The maximum Gasteiger partial charge on any atom is 1.00 e. The van der Waals surface area contributed by atoms with Crippen LogP contribution in [0.5, 0.6) is 0 Å². The quantitative estimate of drug-likeness (QED) is 0.256. The van der Waals surface area contributed by atoms with Crippen molar-refractivity contribution in [3.05, 3.63) is 0 Å². The van der Waals surface area contributed by atoms with Crippen LogP contribution in [0.1, 0.15) is 26.7 Å². The monoisotopic (exact) mass is 304 g/mol. The Bertz CT molecular complexity index is 337. The minimum absolute atomic E-state index is 0. The van der Waals surface area contributed by atoms with Gasteiger partial charge in [-0.3, -0.25) is 0 Å². The Kier molecular flexibility index (Phi) is 14.3. The first-order valence-electron chi connectivity index (χ1n) is 4.52. The molecular weight excluding hydrogens is 291 g/mol. The van der Waals surface area contributed by atoms with Crippen molar-refractivity contribution in [1.82, 2.24) is 0 Å². The minimum Gasteiger partial charge on any atom is -0.550 e. The number of carboxylic acids is 2. The zero-order chi connectivity index (χ0) is 14.9. The standard InChI is InChI=1S/C6H8O8.C3H6O.K/c7-3(8)1-6(12,5(10)11)2-4(9)14-13;1-3(2)4;/h12-13H,1-2H2,(H,7,8)(H,10,11);1-2H3;/q;;+1/p-1. The van der Waals surface area contributed by atoms with Crippen LogP contribution in [0.2, 0.25) is 0 Å². The number of aliphatic carboxylic acids is 2. The number of ketones is 1. The summed E-state index contributed by atoms with van der Waals surface area (Å²) in [6, 6.07) is 0. The summed E-state index contributed by atoms with van der Waals surface area (Å²) in [4.78, 5) is 43.4. The van der Waals surface area contributed by atoms with Crippen LogP contribution in [0.4, 0.5) is 0 Å². The molecule has 19 heavy (non-hydrogen) atoms. The first-order chi connectivity index (χ1) is 8.05. The molecule has 0 saturated carbocycles. The normalized spacial score (nSPS) is 11.8. The Morgan fingerprint density at radius 1 is 1.16 bits per heavy atom. The zero-order valence-corrected chi connectivity index (χ0v) is 13.8. The number of hydrogen-bond donors (Lipinski definition) is 3. The number of aliphatic hydroxyl groups is 1. The summed E-state index contributed by atoms with van der Waals surface area (Å²) >= 11 is 0. The van der Waals surface area contributed by atoms with Crippen molar-refractivity contribution in [3.8, 4) is 0 Å². The third kappa shape index (κ3) is 13.9. The van der Waals surface area contributed by atoms with Crippen LogP contribution in [0.15, 0.2) is 0 Å². The molecule has 0 aromatic carbocycles. The summed E-state index contributed by atoms with van der Waals surface area (Å²) in [5, 5.41) is 35.4. The van der Waals surface area contributed by atoms with E-state index in [1.807, 2.05) is 0 Å². The maximum atomic E-state index is 10.4. The second-order valence-corrected chi connectivity index (χ2v) is 3.43. The summed E-state index contributed by atoms with van der Waals surface area (Å²) in [5.41, 5.74) is -2.83. The van der Waals surface area contributed by atoms with Gasteiger partial charge in [0.2, 0.25) is 0 Å². The molecule has 0 aliphatic rings. The summed E-state index contributed by atoms with van der Waals surface area (Å²) in [6.45, 7) is 3.06. The second kappa shape index (κ2) is 11.5. The van der Waals surface area contributed by atoms with Crippen LogP contribution in [0.25, 0.3) is 0 Å². The molecule has 0 aromatic rings. The van der Waals surface area contributed by atoms with Crippen molar-refractivity contribution < 1.29 is 96.0 Å². The third-order valence-corrected chi connectivity index (χ3v) is 1.37. The number of carbonyl (C=O) groups excluding carboxylic acids is 3. The van der Waals surface area contributed by atoms with Crippen LogP contribution >= 0.6 is 0 Å². The molecule has 0 aromatic heterocycles. The Labute approximate surface area is 150 Å². The summed E-state index contributed by atoms with van der Waals surface area (Å²) in [7, 11) is 0. The number of carbonyl (C=O) groups is 4. The molecule has 0 rings (SSSR count). The molecule has 10 heteroatoms. The van der Waals surface area contributed by atoms with E-state index in [0.29, 0.717) is 0 Å². The van der Waals surface area contributed by atoms with E-state index in [1.165, 1.54) is 13.8 Å². The van der Waals surface area contributed by atoms with Gasteiger partial charge < -0.3 is 29.8 Å². The second-order valence-electron chi connectivity index (χ2n) is 3.43. The van der Waals surface area contributed by atoms with Crippen LogP contribution in [-0.4, -0.2) is 44.8 Å². The van der Waals surface area contributed by atoms with Crippen molar-refractivity contribution in [2.24, 2.45) is 0 Å². The van der Waals surface area contributed by atoms with Crippen molar-refractivity contribution in [2.75, 3.05) is 0 Å². The first-order valence-corrected chi connectivity index (χ1v) is 4.52. The molecular formula is C9H13KO9. The van der Waals surface area contributed by atoms with Gasteiger partial charge in [0.25, 0.3) is 0 Å². The molecule has 0 aliphatic carbocycles. The van der Waals surface area contributed by atoms with Crippen molar-refractivity contribution in [3.63, 3.8) is 0 Å². The van der Waals surface area contributed by atoms with Gasteiger partial charge in [-0.2, -0.15) is 5.26 Å². The molecule has 104 valence electrons. The summed E-state index contributed by atoms with van der Waals surface area (Å²) in [5.74, 6) is -5.07. The van der Waals surface area contributed by atoms with Crippen LogP contribution in [0.3, 0.4) is 0 Å². The summed E-state index contributed by atoms with van der Waals surface area (Å²) in [6.07, 6.45) is -2.47. The van der Waals surface area contributed by atoms with E-state index in [2.05, 4.69) is 4.89 Å². The number of rotatable bonds is 5. The fourth-order valence-corrected chi connectivity index (χ4v) is 0.724. The zero-order valence-electron chi connectivity index (χ0n) is 10.7. The van der Waals surface area contributed by atoms with Gasteiger partial charge >= 0.3 is 63.3 Å². The summed E-state index contributed by atoms with van der Waals surface area (Å²) < 4.78 is 0. The van der Waals surface area contributed by atoms with Gasteiger partial charge in [0.1, 0.15) is 5.78 Å². The van der Waals surface area contributed by atoms with E-state index in [4.69, 9.17) is 15.5 Å². The topological polar surface area (TPSA) is 161 Å². The average Bonchev–Trinajstić information content (AvgIpc) is 2.14. The molecule has 0 heterocycles. The van der Waals surface area contributed by atoms with E-state index >= 15 is 0 Å². The third-order valence-electron chi connectivity index (χ3n) is 1.37. The molecule has 1 unspecified atom stereocenters. The molecule has 0 radical (unpaired) electrons. The Balaban J connectivity index is -0.000000448. The van der Waals surface area contributed by atoms with Crippen LogP contribution in [0, 0.1) is 0 Å². The minimum atomic E-state index is -2.83.